The number of carbonyl (C=O) groups excluding carboxylic acids is 2. The number of rotatable bonds is 5. The molecule has 3 heterocycles. The zero-order chi connectivity index (χ0) is 26.3. The molecule has 0 unspecified atom stereocenters. The Bertz CT molecular complexity index is 1210. The number of anilines is 1. The quantitative estimate of drug-likeness (QED) is 0.615. The third kappa shape index (κ3) is 4.68. The molecule has 1 aromatic heterocycles. The maximum atomic E-state index is 12.6. The van der Waals surface area contributed by atoms with Crippen LogP contribution in [0.4, 0.5) is 10.5 Å². The first-order chi connectivity index (χ1) is 17.8. The van der Waals surface area contributed by atoms with Crippen molar-refractivity contribution in [1.82, 2.24) is 14.5 Å². The van der Waals surface area contributed by atoms with Gasteiger partial charge < -0.3 is 19.3 Å². The number of likely N-dealkylation sites (tertiary alicyclic amines) is 1. The lowest BCUT2D eigenvalue weighted by Crippen LogP contribution is -2.42. The Morgan fingerprint density at radius 3 is 2.70 bits per heavy atom. The Morgan fingerprint density at radius 2 is 1.97 bits per heavy atom. The second-order valence-electron chi connectivity index (χ2n) is 11.1. The number of hydrogen-bond acceptors (Lipinski definition) is 5. The number of nitrogens with zero attached hydrogens (tertiary/aromatic N) is 4. The molecule has 200 valence electrons. The lowest BCUT2D eigenvalue weighted by atomic mass is 9.85. The van der Waals surface area contributed by atoms with Gasteiger partial charge in [0.15, 0.2) is 0 Å². The predicted molar refractivity (Wildman–Crippen MR) is 140 cm³/mol. The van der Waals surface area contributed by atoms with Crippen LogP contribution in [0.1, 0.15) is 88.6 Å². The first kappa shape index (κ1) is 25.5. The third-order valence-corrected chi connectivity index (χ3v) is 8.57. The van der Waals surface area contributed by atoms with E-state index in [-0.39, 0.29) is 35.9 Å². The molecule has 4 atom stereocenters. The Kier molecular flexibility index (Phi) is 7.14. The van der Waals surface area contributed by atoms with Gasteiger partial charge in [0, 0.05) is 43.1 Å². The van der Waals surface area contributed by atoms with Crippen LogP contribution in [-0.2, 0) is 20.7 Å². The average molecular weight is 511 g/mol. The molecule has 1 saturated heterocycles. The van der Waals surface area contributed by atoms with Crippen molar-refractivity contribution in [2.45, 2.75) is 89.6 Å². The molecule has 9 nitrogen and oxygen atoms in total. The largest absolute Gasteiger partial charge is 0.481 e. The lowest BCUT2D eigenvalue weighted by Gasteiger charge is -2.34. The molecule has 1 aliphatic carbocycles. The van der Waals surface area contributed by atoms with Crippen molar-refractivity contribution in [1.29, 1.82) is 0 Å². The van der Waals surface area contributed by atoms with Crippen LogP contribution >= 0.6 is 0 Å². The number of hydrogen-bond donors (Lipinski definition) is 1. The molecule has 1 N–H and O–H groups in total. The van der Waals surface area contributed by atoms with Crippen molar-refractivity contribution in [3.05, 3.63) is 23.5 Å². The van der Waals surface area contributed by atoms with Crippen LogP contribution in [0.3, 0.4) is 0 Å². The summed E-state index contributed by atoms with van der Waals surface area (Å²) in [5, 5.41) is 9.76. The van der Waals surface area contributed by atoms with Crippen molar-refractivity contribution in [2.24, 2.45) is 5.92 Å². The SMILES string of the molecule is COC(=O)N1c2ccc3c(nc([C@@H](C)CN4CCCCC4=O)n3[C@@H]3CCC[C@@H](C(=O)O)C3)c2CC[C@@H]1C. The summed E-state index contributed by atoms with van der Waals surface area (Å²) in [6.45, 7) is 5.52. The van der Waals surface area contributed by atoms with E-state index in [1.807, 2.05) is 24.0 Å². The van der Waals surface area contributed by atoms with Crippen LogP contribution in [0, 0.1) is 5.92 Å². The number of methoxy groups -OCH3 is 1. The van der Waals surface area contributed by atoms with E-state index in [4.69, 9.17) is 9.72 Å². The number of benzene rings is 1. The van der Waals surface area contributed by atoms with Gasteiger partial charge in [0.05, 0.1) is 29.7 Å². The maximum absolute atomic E-state index is 12.6. The number of piperidine rings is 1. The van der Waals surface area contributed by atoms with Crippen molar-refractivity contribution < 1.29 is 24.2 Å². The first-order valence-corrected chi connectivity index (χ1v) is 13.7. The number of amides is 2. The number of aliphatic carboxylic acids is 1. The van der Waals surface area contributed by atoms with E-state index in [0.717, 1.165) is 73.2 Å². The molecule has 0 radical (unpaired) electrons. The number of aryl methyl sites for hydroxylation is 1. The highest BCUT2D eigenvalue weighted by atomic mass is 16.5. The van der Waals surface area contributed by atoms with Gasteiger partial charge in [-0.05, 0) is 64.0 Å². The summed E-state index contributed by atoms with van der Waals surface area (Å²) < 4.78 is 7.36. The van der Waals surface area contributed by atoms with Crippen molar-refractivity contribution in [2.75, 3.05) is 25.1 Å². The fourth-order valence-corrected chi connectivity index (χ4v) is 6.61. The minimum Gasteiger partial charge on any atom is -0.481 e. The van der Waals surface area contributed by atoms with Gasteiger partial charge in [-0.1, -0.05) is 13.3 Å². The number of carboxylic acid groups (broad SMARTS) is 1. The molecule has 0 spiro atoms. The van der Waals surface area contributed by atoms with Crippen LogP contribution in [0.2, 0.25) is 0 Å². The summed E-state index contributed by atoms with van der Waals surface area (Å²) >= 11 is 0. The Hall–Kier alpha value is -3.10. The molecule has 2 aliphatic heterocycles. The van der Waals surface area contributed by atoms with Crippen molar-refractivity contribution in [3.8, 4) is 0 Å². The molecule has 2 amide bonds. The molecule has 2 aromatic rings. The van der Waals surface area contributed by atoms with Crippen LogP contribution in [0.25, 0.3) is 11.0 Å². The van der Waals surface area contributed by atoms with Crippen molar-refractivity contribution >= 4 is 34.7 Å². The summed E-state index contributed by atoms with van der Waals surface area (Å²) in [4.78, 5) is 46.0. The molecule has 1 aromatic carbocycles. The van der Waals surface area contributed by atoms with E-state index in [2.05, 4.69) is 11.5 Å². The number of carbonyl (C=O) groups is 3. The highest BCUT2D eigenvalue weighted by molar-refractivity contribution is 5.95. The standard InChI is InChI=1S/C28H38N4O5/c1-17(16-30-14-5-4-9-24(30)33)26-29-25-21-11-10-18(2)31(28(36)37-3)22(21)12-13-23(25)32(26)20-8-6-7-19(15-20)27(34)35/h12-13,17-20H,4-11,14-16H2,1-3H3,(H,34,35)/t17-,18-,19+,20+/m0/s1. The molecule has 0 bridgehead atoms. The number of carboxylic acids is 1. The minimum absolute atomic E-state index is 0.00507. The van der Waals surface area contributed by atoms with Crippen molar-refractivity contribution in [3.63, 3.8) is 0 Å². The Labute approximate surface area is 217 Å². The van der Waals surface area contributed by atoms with Crippen LogP contribution in [0.15, 0.2) is 12.1 Å². The number of fused-ring (bicyclic) bond motifs is 3. The highest BCUT2D eigenvalue weighted by Crippen LogP contribution is 2.41. The molecule has 9 heteroatoms. The van der Waals surface area contributed by atoms with Gasteiger partial charge >= 0.3 is 12.1 Å². The molecule has 3 aliphatic rings. The average Bonchev–Trinajstić information content (AvgIpc) is 3.29. The van der Waals surface area contributed by atoms with E-state index in [0.29, 0.717) is 25.8 Å². The minimum atomic E-state index is -0.734. The second kappa shape index (κ2) is 10.3. The van der Waals surface area contributed by atoms with Crippen LogP contribution < -0.4 is 4.90 Å². The van der Waals surface area contributed by atoms with E-state index < -0.39 is 5.97 Å². The molecular formula is C28H38N4O5. The second-order valence-corrected chi connectivity index (χ2v) is 11.1. The van der Waals surface area contributed by atoms with E-state index in [1.54, 1.807) is 4.90 Å². The van der Waals surface area contributed by atoms with Gasteiger partial charge in [0.2, 0.25) is 5.91 Å². The van der Waals surface area contributed by atoms with Gasteiger partial charge in [-0.3, -0.25) is 14.5 Å². The highest BCUT2D eigenvalue weighted by Gasteiger charge is 2.35. The van der Waals surface area contributed by atoms with Gasteiger partial charge in [0.1, 0.15) is 5.82 Å². The Morgan fingerprint density at radius 1 is 1.16 bits per heavy atom. The number of ether oxygens (including phenoxy) is 1. The van der Waals surface area contributed by atoms with E-state index in [1.165, 1.54) is 7.11 Å². The third-order valence-electron chi connectivity index (χ3n) is 8.57. The fourth-order valence-electron chi connectivity index (χ4n) is 6.61. The van der Waals surface area contributed by atoms with Crippen LogP contribution in [-0.4, -0.2) is 63.8 Å². The summed E-state index contributed by atoms with van der Waals surface area (Å²) in [6, 6.07) is 4.08. The maximum Gasteiger partial charge on any atom is 0.414 e. The predicted octanol–water partition coefficient (Wildman–Crippen LogP) is 4.88. The van der Waals surface area contributed by atoms with E-state index >= 15 is 0 Å². The zero-order valence-corrected chi connectivity index (χ0v) is 22.1. The summed E-state index contributed by atoms with van der Waals surface area (Å²) in [5.74, 6) is -0.000854. The molecule has 37 heavy (non-hydrogen) atoms. The fraction of sp³-hybridized carbons (Fsp3) is 0.643. The summed E-state index contributed by atoms with van der Waals surface area (Å²) in [7, 11) is 1.40. The normalized spacial score (nSPS) is 25.2. The number of aromatic nitrogens is 2. The smallest absolute Gasteiger partial charge is 0.414 e. The molecular weight excluding hydrogens is 472 g/mol. The Balaban J connectivity index is 1.61. The lowest BCUT2D eigenvalue weighted by molar-refractivity contribution is -0.143. The molecule has 1 saturated carbocycles. The van der Waals surface area contributed by atoms with Gasteiger partial charge in [-0.25, -0.2) is 9.78 Å². The summed E-state index contributed by atoms with van der Waals surface area (Å²) in [5.41, 5.74) is 3.73. The first-order valence-electron chi connectivity index (χ1n) is 13.7. The van der Waals surface area contributed by atoms with Gasteiger partial charge in [-0.15, -0.1) is 0 Å². The van der Waals surface area contributed by atoms with E-state index in [9.17, 15) is 19.5 Å². The molecule has 5 rings (SSSR count). The molecule has 2 fully saturated rings. The summed E-state index contributed by atoms with van der Waals surface area (Å²) in [6.07, 6.45) is 6.85. The zero-order valence-electron chi connectivity index (χ0n) is 22.1. The monoisotopic (exact) mass is 510 g/mol. The topological polar surface area (TPSA) is 105 Å². The van der Waals surface area contributed by atoms with Gasteiger partial charge in [-0.2, -0.15) is 0 Å². The van der Waals surface area contributed by atoms with Gasteiger partial charge in [0.25, 0.3) is 0 Å². The number of imidazole rings is 1. The van der Waals surface area contributed by atoms with Crippen LogP contribution in [0.5, 0.6) is 0 Å².